The number of hydrogen-bond donors (Lipinski definition) is 1. The number of benzene rings is 2. The van der Waals surface area contributed by atoms with E-state index in [1.165, 1.54) is 0 Å². The van der Waals surface area contributed by atoms with Crippen LogP contribution in [-0.4, -0.2) is 110 Å². The van der Waals surface area contributed by atoms with Crippen molar-refractivity contribution in [3.8, 4) is 11.5 Å². The molecule has 13 heteroatoms. The fourth-order valence-electron chi connectivity index (χ4n) is 4.11. The van der Waals surface area contributed by atoms with Crippen LogP contribution in [0.1, 0.15) is 24.0 Å². The van der Waals surface area contributed by atoms with Gasteiger partial charge in [0.25, 0.3) is 0 Å². The minimum absolute atomic E-state index is 0.147. The smallest absolute Gasteiger partial charge is 0.489 e. The highest BCUT2D eigenvalue weighted by molar-refractivity contribution is 6.60. The van der Waals surface area contributed by atoms with Gasteiger partial charge in [-0.05, 0) is 37.1 Å². The lowest BCUT2D eigenvalue weighted by Gasteiger charge is -2.23. The van der Waals surface area contributed by atoms with E-state index < -0.39 is 23.7 Å². The van der Waals surface area contributed by atoms with Crippen LogP contribution in [0.15, 0.2) is 58.5 Å². The van der Waals surface area contributed by atoms with Crippen molar-refractivity contribution in [2.45, 2.75) is 31.0 Å². The average molecular weight is 623 g/mol. The van der Waals surface area contributed by atoms with Crippen LogP contribution in [0, 0.1) is 0 Å². The molecule has 0 aliphatic carbocycles. The summed E-state index contributed by atoms with van der Waals surface area (Å²) in [5.41, 5.74) is 1.64. The molecule has 0 fully saturated rings. The maximum Gasteiger partial charge on any atom is 0.500 e. The van der Waals surface area contributed by atoms with Crippen molar-refractivity contribution in [3.05, 3.63) is 59.7 Å². The van der Waals surface area contributed by atoms with Crippen LogP contribution in [0.3, 0.4) is 0 Å². The quantitative estimate of drug-likeness (QED) is 0.119. The van der Waals surface area contributed by atoms with E-state index >= 15 is 0 Å². The van der Waals surface area contributed by atoms with Gasteiger partial charge in [0.1, 0.15) is 18.1 Å². The zero-order valence-electron chi connectivity index (χ0n) is 25.6. The number of aliphatic hydroxyl groups is 1. The molecule has 0 spiro atoms. The average Bonchev–Trinajstić information content (AvgIpc) is 3.04. The molecule has 0 amide bonds. The molecule has 0 aliphatic heterocycles. The second-order valence-electron chi connectivity index (χ2n) is 9.18. The van der Waals surface area contributed by atoms with E-state index in [0.717, 1.165) is 24.0 Å². The van der Waals surface area contributed by atoms with Gasteiger partial charge in [-0.1, -0.05) is 24.3 Å². The Hall–Kier alpha value is -2.47. The summed E-state index contributed by atoms with van der Waals surface area (Å²) in [4.78, 5) is 9.08. The molecule has 0 aromatic heterocycles. The fourth-order valence-corrected chi connectivity index (χ4v) is 7.52. The molecule has 0 saturated carbocycles. The molecule has 0 aliphatic rings. The van der Waals surface area contributed by atoms with Crippen molar-refractivity contribution >= 4 is 30.0 Å². The topological polar surface area (TPSA) is 119 Å². The number of ether oxygens (including phenoxy) is 2. The van der Waals surface area contributed by atoms with Crippen LogP contribution in [0.25, 0.3) is 0 Å². The van der Waals surface area contributed by atoms with E-state index in [9.17, 15) is 5.11 Å². The van der Waals surface area contributed by atoms with Crippen LogP contribution in [0.5, 0.6) is 11.5 Å². The maximum atomic E-state index is 10.0. The number of aliphatic hydroxyl groups excluding tert-OH is 1. The van der Waals surface area contributed by atoms with E-state index in [-0.39, 0.29) is 13.2 Å². The van der Waals surface area contributed by atoms with Gasteiger partial charge in [0.2, 0.25) is 0 Å². The fraction of sp³-hybridized carbons (Fsp3) is 0.517. The monoisotopic (exact) mass is 622 g/mol. The largest absolute Gasteiger partial charge is 0.500 e. The molecule has 1 unspecified atom stereocenters. The van der Waals surface area contributed by atoms with Gasteiger partial charge in [0, 0.05) is 91.4 Å². The van der Waals surface area contributed by atoms with Crippen molar-refractivity contribution in [1.29, 1.82) is 0 Å². The molecule has 0 radical (unpaired) electrons. The summed E-state index contributed by atoms with van der Waals surface area (Å²) in [6.45, 7) is 1.10. The Labute approximate surface area is 252 Å². The molecular formula is C29H46N2O9Si2. The summed E-state index contributed by atoms with van der Waals surface area (Å²) in [6.07, 6.45) is 4.48. The predicted molar refractivity (Wildman–Crippen MR) is 167 cm³/mol. The number of nitrogens with zero attached hydrogens (tertiary/aromatic N) is 2. The van der Waals surface area contributed by atoms with Gasteiger partial charge in [0.15, 0.2) is 6.10 Å². The Kier molecular flexibility index (Phi) is 16.7. The lowest BCUT2D eigenvalue weighted by atomic mass is 10.2. The lowest BCUT2D eigenvalue weighted by Crippen LogP contribution is -2.42. The summed E-state index contributed by atoms with van der Waals surface area (Å²) < 4.78 is 44.9. The first-order valence-corrected chi connectivity index (χ1v) is 17.7. The van der Waals surface area contributed by atoms with E-state index in [2.05, 4.69) is 9.98 Å². The van der Waals surface area contributed by atoms with Gasteiger partial charge in [-0.15, -0.1) is 0 Å². The second kappa shape index (κ2) is 19.7. The van der Waals surface area contributed by atoms with Gasteiger partial charge >= 0.3 is 17.6 Å². The lowest BCUT2D eigenvalue weighted by molar-refractivity contribution is 0.0717. The first kappa shape index (κ1) is 35.7. The Bertz CT molecular complexity index is 1070. The normalized spacial score (nSPS) is 13.2. The summed E-state index contributed by atoms with van der Waals surface area (Å²) in [7, 11) is 4.41. The molecule has 42 heavy (non-hydrogen) atoms. The zero-order valence-corrected chi connectivity index (χ0v) is 27.6. The second-order valence-corrected chi connectivity index (χ2v) is 15.4. The SMILES string of the molecule is CO[Si](CCCN=Cc1ccccc1OCC(CO)Oc1ccccc1C=NCCC[Si](OC)(OC)OC)(OC)OC. The number of para-hydroxylation sites is 2. The van der Waals surface area contributed by atoms with Crippen molar-refractivity contribution in [2.75, 3.05) is 69.0 Å². The van der Waals surface area contributed by atoms with Crippen LogP contribution in [0.4, 0.5) is 0 Å². The van der Waals surface area contributed by atoms with Crippen LogP contribution in [-0.2, 0) is 26.6 Å². The van der Waals surface area contributed by atoms with Gasteiger partial charge < -0.3 is 41.1 Å². The van der Waals surface area contributed by atoms with Gasteiger partial charge in [-0.25, -0.2) is 0 Å². The van der Waals surface area contributed by atoms with Gasteiger partial charge in [-0.2, -0.15) is 0 Å². The third-order valence-corrected chi connectivity index (χ3v) is 12.3. The molecule has 1 N–H and O–H groups in total. The molecule has 0 saturated heterocycles. The molecule has 1 atom stereocenters. The van der Waals surface area contributed by atoms with Gasteiger partial charge in [0.05, 0.1) is 6.61 Å². The molecular weight excluding hydrogens is 576 g/mol. The highest BCUT2D eigenvalue weighted by Crippen LogP contribution is 2.21. The maximum absolute atomic E-state index is 10.0. The minimum Gasteiger partial charge on any atom is -0.489 e. The van der Waals surface area contributed by atoms with E-state index in [1.807, 2.05) is 48.5 Å². The third-order valence-electron chi connectivity index (χ3n) is 6.63. The highest BCUT2D eigenvalue weighted by Gasteiger charge is 2.37. The van der Waals surface area contributed by atoms with Gasteiger partial charge in [-0.3, -0.25) is 9.98 Å². The molecule has 0 heterocycles. The predicted octanol–water partition coefficient (Wildman–Crippen LogP) is 3.88. The third kappa shape index (κ3) is 11.3. The zero-order chi connectivity index (χ0) is 30.7. The van der Waals surface area contributed by atoms with E-state index in [0.29, 0.717) is 36.7 Å². The number of hydrogen-bond acceptors (Lipinski definition) is 11. The minimum atomic E-state index is -2.61. The standard InChI is InChI=1S/C29H46N2O9Si2/c1-33-41(34-2,35-3)19-11-17-30-21-25-13-7-9-15-28(25)39-24-27(23-32)40-29-16-10-8-14-26(29)22-31-18-12-20-42(36-4,37-5)38-6/h7-10,13-16,21-22,27,32H,11-12,17-20,23-24H2,1-6H3. The van der Waals surface area contributed by atoms with Crippen LogP contribution >= 0.6 is 0 Å². The summed E-state index contributed by atoms with van der Waals surface area (Å²) in [5.74, 6) is 1.26. The van der Waals surface area contributed by atoms with Crippen LogP contribution < -0.4 is 9.47 Å². The Balaban J connectivity index is 1.94. The first-order chi connectivity index (χ1) is 20.4. The molecule has 234 valence electrons. The van der Waals surface area contributed by atoms with Crippen LogP contribution in [0.2, 0.25) is 12.1 Å². The first-order valence-electron chi connectivity index (χ1n) is 13.8. The molecule has 2 aromatic carbocycles. The van der Waals surface area contributed by atoms with Crippen molar-refractivity contribution in [3.63, 3.8) is 0 Å². The number of aliphatic imine (C=N–C) groups is 2. The Morgan fingerprint density at radius 3 is 1.55 bits per heavy atom. The summed E-state index contributed by atoms with van der Waals surface area (Å²) in [5, 5.41) is 10.0. The Morgan fingerprint density at radius 2 is 1.10 bits per heavy atom. The highest BCUT2D eigenvalue weighted by atomic mass is 28.4. The van der Waals surface area contributed by atoms with E-state index in [4.69, 9.17) is 36.0 Å². The summed E-state index contributed by atoms with van der Waals surface area (Å²) in [6, 6.07) is 16.5. The molecule has 11 nitrogen and oxygen atoms in total. The van der Waals surface area contributed by atoms with E-state index in [1.54, 1.807) is 55.1 Å². The molecule has 0 bridgehead atoms. The molecule has 2 rings (SSSR count). The van der Waals surface area contributed by atoms with Crippen molar-refractivity contribution in [1.82, 2.24) is 0 Å². The Morgan fingerprint density at radius 1 is 0.667 bits per heavy atom. The summed E-state index contributed by atoms with van der Waals surface area (Å²) >= 11 is 0. The van der Waals surface area contributed by atoms with Crippen molar-refractivity contribution in [2.24, 2.45) is 9.98 Å². The van der Waals surface area contributed by atoms with Crippen molar-refractivity contribution < 1.29 is 41.1 Å². The molecule has 2 aromatic rings. The number of rotatable bonds is 22.